The molecule has 0 spiro atoms. The van der Waals surface area contributed by atoms with Gasteiger partial charge < -0.3 is 9.84 Å². The topological polar surface area (TPSA) is 46.5 Å². The van der Waals surface area contributed by atoms with Gasteiger partial charge in [-0.2, -0.15) is 0 Å². The number of carboxylic acid groups (broad SMARTS) is 1. The van der Waals surface area contributed by atoms with E-state index in [4.69, 9.17) is 9.84 Å². The van der Waals surface area contributed by atoms with Gasteiger partial charge in [0.25, 0.3) is 0 Å². The SMILES string of the molecule is Cc1ccc(F)c(OCc2ccccc2C=CC(=O)O)c1. The molecule has 0 amide bonds. The number of benzene rings is 2. The first-order chi connectivity index (χ1) is 10.1. The largest absolute Gasteiger partial charge is 0.486 e. The number of aliphatic carboxylic acids is 1. The van der Waals surface area contributed by atoms with Crippen molar-refractivity contribution in [2.24, 2.45) is 0 Å². The number of ether oxygens (including phenoxy) is 1. The molecule has 1 N–H and O–H groups in total. The average molecular weight is 286 g/mol. The van der Waals surface area contributed by atoms with Crippen LogP contribution in [0.5, 0.6) is 5.75 Å². The van der Waals surface area contributed by atoms with Crippen LogP contribution in [-0.4, -0.2) is 11.1 Å². The molecule has 3 nitrogen and oxygen atoms in total. The maximum Gasteiger partial charge on any atom is 0.328 e. The molecule has 2 aromatic carbocycles. The summed E-state index contributed by atoms with van der Waals surface area (Å²) >= 11 is 0. The molecular weight excluding hydrogens is 271 g/mol. The van der Waals surface area contributed by atoms with E-state index in [2.05, 4.69) is 0 Å². The van der Waals surface area contributed by atoms with Crippen molar-refractivity contribution < 1.29 is 19.0 Å². The van der Waals surface area contributed by atoms with Crippen LogP contribution >= 0.6 is 0 Å². The molecule has 0 bridgehead atoms. The van der Waals surface area contributed by atoms with Gasteiger partial charge in [-0.05, 0) is 41.8 Å². The molecule has 2 aromatic rings. The predicted molar refractivity (Wildman–Crippen MR) is 78.6 cm³/mol. The highest BCUT2D eigenvalue weighted by Gasteiger charge is 2.05. The third kappa shape index (κ3) is 4.18. The quantitative estimate of drug-likeness (QED) is 0.850. The summed E-state index contributed by atoms with van der Waals surface area (Å²) in [7, 11) is 0. The monoisotopic (exact) mass is 286 g/mol. The van der Waals surface area contributed by atoms with Crippen molar-refractivity contribution in [2.75, 3.05) is 0 Å². The number of hydrogen-bond acceptors (Lipinski definition) is 2. The van der Waals surface area contributed by atoms with Gasteiger partial charge in [-0.3, -0.25) is 0 Å². The molecular formula is C17H15FO3. The summed E-state index contributed by atoms with van der Waals surface area (Å²) in [6.45, 7) is 2.02. The molecule has 0 aromatic heterocycles. The Morgan fingerprint density at radius 1 is 1.29 bits per heavy atom. The van der Waals surface area contributed by atoms with Crippen molar-refractivity contribution in [1.82, 2.24) is 0 Å². The predicted octanol–water partition coefficient (Wildman–Crippen LogP) is 3.81. The summed E-state index contributed by atoms with van der Waals surface area (Å²) in [6, 6.07) is 11.9. The second kappa shape index (κ2) is 6.70. The molecule has 0 fully saturated rings. The Hall–Kier alpha value is -2.62. The van der Waals surface area contributed by atoms with Crippen LogP contribution in [0, 0.1) is 12.7 Å². The van der Waals surface area contributed by atoms with Crippen LogP contribution in [0.1, 0.15) is 16.7 Å². The second-order valence-electron chi connectivity index (χ2n) is 4.59. The summed E-state index contributed by atoms with van der Waals surface area (Å²) in [5.74, 6) is -1.25. The number of aryl methyl sites for hydroxylation is 1. The minimum absolute atomic E-state index is 0.167. The van der Waals surface area contributed by atoms with E-state index in [1.807, 2.05) is 19.1 Å². The lowest BCUT2D eigenvalue weighted by atomic mass is 10.1. The lowest BCUT2D eigenvalue weighted by molar-refractivity contribution is -0.131. The summed E-state index contributed by atoms with van der Waals surface area (Å²) in [6.07, 6.45) is 2.56. The molecule has 0 atom stereocenters. The van der Waals surface area contributed by atoms with E-state index < -0.39 is 11.8 Å². The number of hydrogen-bond donors (Lipinski definition) is 1. The lowest BCUT2D eigenvalue weighted by Gasteiger charge is -2.10. The third-order valence-corrected chi connectivity index (χ3v) is 2.93. The van der Waals surface area contributed by atoms with Crippen LogP contribution in [0.25, 0.3) is 6.08 Å². The zero-order valence-electron chi connectivity index (χ0n) is 11.5. The zero-order chi connectivity index (χ0) is 15.2. The van der Waals surface area contributed by atoms with Gasteiger partial charge in [0.15, 0.2) is 11.6 Å². The van der Waals surface area contributed by atoms with E-state index in [0.29, 0.717) is 0 Å². The lowest BCUT2D eigenvalue weighted by Crippen LogP contribution is -2.00. The number of carboxylic acids is 1. The van der Waals surface area contributed by atoms with E-state index in [0.717, 1.165) is 22.8 Å². The van der Waals surface area contributed by atoms with Crippen molar-refractivity contribution in [1.29, 1.82) is 0 Å². The molecule has 21 heavy (non-hydrogen) atoms. The Labute approximate surface area is 122 Å². The van der Waals surface area contributed by atoms with Crippen molar-refractivity contribution in [3.05, 3.63) is 71.0 Å². The smallest absolute Gasteiger partial charge is 0.328 e. The molecule has 0 saturated heterocycles. The first kappa shape index (κ1) is 14.8. The van der Waals surface area contributed by atoms with Crippen LogP contribution in [0.3, 0.4) is 0 Å². The molecule has 0 unspecified atom stereocenters. The van der Waals surface area contributed by atoms with Crippen molar-refractivity contribution in [2.45, 2.75) is 13.5 Å². The first-order valence-electron chi connectivity index (χ1n) is 6.44. The molecule has 0 heterocycles. The molecule has 108 valence electrons. The molecule has 4 heteroatoms. The fourth-order valence-electron chi connectivity index (χ4n) is 1.87. The van der Waals surface area contributed by atoms with Gasteiger partial charge in [-0.15, -0.1) is 0 Å². The highest BCUT2D eigenvalue weighted by atomic mass is 19.1. The second-order valence-corrected chi connectivity index (χ2v) is 4.59. The average Bonchev–Trinajstić information content (AvgIpc) is 2.47. The van der Waals surface area contributed by atoms with Gasteiger partial charge >= 0.3 is 5.97 Å². The highest BCUT2D eigenvalue weighted by molar-refractivity contribution is 5.85. The summed E-state index contributed by atoms with van der Waals surface area (Å²) in [5, 5.41) is 8.67. The Morgan fingerprint density at radius 3 is 2.81 bits per heavy atom. The molecule has 0 aliphatic carbocycles. The fraction of sp³-hybridized carbons (Fsp3) is 0.118. The van der Waals surface area contributed by atoms with E-state index in [-0.39, 0.29) is 12.4 Å². The Morgan fingerprint density at radius 2 is 2.05 bits per heavy atom. The fourth-order valence-corrected chi connectivity index (χ4v) is 1.87. The van der Waals surface area contributed by atoms with E-state index in [1.54, 1.807) is 24.3 Å². The minimum atomic E-state index is -1.02. The van der Waals surface area contributed by atoms with Crippen LogP contribution in [0.15, 0.2) is 48.5 Å². The van der Waals surface area contributed by atoms with E-state index in [1.165, 1.54) is 12.1 Å². The van der Waals surface area contributed by atoms with Crippen LogP contribution in [-0.2, 0) is 11.4 Å². The normalized spacial score (nSPS) is 10.8. The van der Waals surface area contributed by atoms with Gasteiger partial charge in [0, 0.05) is 6.08 Å². The van der Waals surface area contributed by atoms with Crippen molar-refractivity contribution in [3.63, 3.8) is 0 Å². The standard InChI is InChI=1S/C17H15FO3/c1-12-6-8-15(18)16(10-12)21-11-14-5-3-2-4-13(14)7-9-17(19)20/h2-10H,11H2,1H3,(H,19,20). The maximum absolute atomic E-state index is 13.6. The number of halogens is 1. The number of rotatable bonds is 5. The zero-order valence-corrected chi connectivity index (χ0v) is 11.5. The molecule has 0 radical (unpaired) electrons. The van der Waals surface area contributed by atoms with Crippen molar-refractivity contribution >= 4 is 12.0 Å². The van der Waals surface area contributed by atoms with Crippen LogP contribution in [0.2, 0.25) is 0 Å². The molecule has 0 aliphatic heterocycles. The van der Waals surface area contributed by atoms with Crippen LogP contribution < -0.4 is 4.74 Å². The van der Waals surface area contributed by atoms with Gasteiger partial charge in [0.05, 0.1) is 0 Å². The minimum Gasteiger partial charge on any atom is -0.486 e. The molecule has 2 rings (SSSR count). The molecule has 0 saturated carbocycles. The Bertz CT molecular complexity index is 677. The van der Waals surface area contributed by atoms with Gasteiger partial charge in [-0.1, -0.05) is 30.3 Å². The van der Waals surface area contributed by atoms with E-state index >= 15 is 0 Å². The Kier molecular flexibility index (Phi) is 4.72. The third-order valence-electron chi connectivity index (χ3n) is 2.93. The summed E-state index contributed by atoms with van der Waals surface area (Å²) in [5.41, 5.74) is 2.43. The van der Waals surface area contributed by atoms with Gasteiger partial charge in [0.1, 0.15) is 6.61 Å². The molecule has 0 aliphatic rings. The maximum atomic E-state index is 13.6. The summed E-state index contributed by atoms with van der Waals surface area (Å²) in [4.78, 5) is 10.6. The highest BCUT2D eigenvalue weighted by Crippen LogP contribution is 2.21. The first-order valence-corrected chi connectivity index (χ1v) is 6.44. The van der Waals surface area contributed by atoms with Crippen molar-refractivity contribution in [3.8, 4) is 5.75 Å². The summed E-state index contributed by atoms with van der Waals surface area (Å²) < 4.78 is 19.1. The number of carbonyl (C=O) groups is 1. The van der Waals surface area contributed by atoms with Gasteiger partial charge in [-0.25, -0.2) is 9.18 Å². The van der Waals surface area contributed by atoms with Gasteiger partial charge in [0.2, 0.25) is 0 Å². The van der Waals surface area contributed by atoms with E-state index in [9.17, 15) is 9.18 Å². The Balaban J connectivity index is 2.16. The van der Waals surface area contributed by atoms with Crippen LogP contribution in [0.4, 0.5) is 4.39 Å².